The van der Waals surface area contributed by atoms with Gasteiger partial charge in [-0.3, -0.25) is 4.99 Å². The van der Waals surface area contributed by atoms with Gasteiger partial charge in [0.25, 0.3) is 0 Å². The minimum Gasteiger partial charge on any atom is -0.289 e. The number of allylic oxidation sites excluding steroid dienone is 1. The smallest absolute Gasteiger partial charge is 0.0603 e. The lowest BCUT2D eigenvalue weighted by molar-refractivity contribution is 0.638. The molecule has 0 saturated heterocycles. The topological polar surface area (TPSA) is 12.4 Å². The molecule has 0 amide bonds. The van der Waals surface area contributed by atoms with Crippen molar-refractivity contribution in [3.8, 4) is 0 Å². The number of rotatable bonds is 2. The maximum Gasteiger partial charge on any atom is 0.0603 e. The van der Waals surface area contributed by atoms with E-state index in [4.69, 9.17) is 0 Å². The van der Waals surface area contributed by atoms with E-state index in [1.807, 2.05) is 6.21 Å². The molecule has 0 radical (unpaired) electrons. The molecule has 0 aromatic carbocycles. The van der Waals surface area contributed by atoms with Crippen LogP contribution in [0.5, 0.6) is 0 Å². The number of hydrogen-bond donors (Lipinski definition) is 0. The molecule has 1 heteroatoms. The highest BCUT2D eigenvalue weighted by Crippen LogP contribution is 2.12. The van der Waals surface area contributed by atoms with Gasteiger partial charge < -0.3 is 0 Å². The van der Waals surface area contributed by atoms with Gasteiger partial charge in [-0.1, -0.05) is 13.8 Å². The van der Waals surface area contributed by atoms with Gasteiger partial charge in [0.05, 0.1) is 6.54 Å². The summed E-state index contributed by atoms with van der Waals surface area (Å²) in [7, 11) is 0. The Balaban J connectivity index is 2.30. The van der Waals surface area contributed by atoms with E-state index in [9.17, 15) is 0 Å². The Morgan fingerprint density at radius 2 is 2.44 bits per heavy atom. The van der Waals surface area contributed by atoms with E-state index in [2.05, 4.69) is 24.9 Å². The molecule has 1 aliphatic heterocycles. The lowest BCUT2D eigenvalue weighted by atomic mass is 10.0. The standard InChI is InChI=1S/C8H13N/c1-7(2)5-8-3-4-9-6-8/h3-4,7H,5-6H2,1-2H3. The first-order valence-corrected chi connectivity index (χ1v) is 3.47. The molecule has 1 heterocycles. The summed E-state index contributed by atoms with van der Waals surface area (Å²) in [5.41, 5.74) is 1.48. The Morgan fingerprint density at radius 1 is 1.67 bits per heavy atom. The van der Waals surface area contributed by atoms with Crippen LogP contribution >= 0.6 is 0 Å². The molecule has 9 heavy (non-hydrogen) atoms. The predicted octanol–water partition coefficient (Wildman–Crippen LogP) is 2.04. The van der Waals surface area contributed by atoms with E-state index in [-0.39, 0.29) is 0 Å². The molecule has 0 saturated carbocycles. The highest BCUT2D eigenvalue weighted by Gasteiger charge is 2.01. The van der Waals surface area contributed by atoms with Crippen molar-refractivity contribution in [1.82, 2.24) is 0 Å². The van der Waals surface area contributed by atoms with E-state index in [1.165, 1.54) is 12.0 Å². The van der Waals surface area contributed by atoms with Crippen molar-refractivity contribution in [1.29, 1.82) is 0 Å². The van der Waals surface area contributed by atoms with Gasteiger partial charge >= 0.3 is 0 Å². The molecular weight excluding hydrogens is 110 g/mol. The lowest BCUT2D eigenvalue weighted by Gasteiger charge is -2.02. The maximum absolute atomic E-state index is 4.10. The molecule has 0 aliphatic carbocycles. The van der Waals surface area contributed by atoms with Crippen molar-refractivity contribution in [2.24, 2.45) is 10.9 Å². The van der Waals surface area contributed by atoms with Gasteiger partial charge in [0, 0.05) is 6.21 Å². The van der Waals surface area contributed by atoms with Crippen LogP contribution in [0.15, 0.2) is 16.6 Å². The van der Waals surface area contributed by atoms with E-state index < -0.39 is 0 Å². The molecule has 0 bridgehead atoms. The first-order valence-electron chi connectivity index (χ1n) is 3.47. The van der Waals surface area contributed by atoms with Crippen LogP contribution in [-0.2, 0) is 0 Å². The Labute approximate surface area is 56.5 Å². The van der Waals surface area contributed by atoms with Crippen LogP contribution in [0.25, 0.3) is 0 Å². The second kappa shape index (κ2) is 2.81. The minimum atomic E-state index is 0.776. The van der Waals surface area contributed by atoms with Gasteiger partial charge in [0.1, 0.15) is 0 Å². The third-order valence-electron chi connectivity index (χ3n) is 1.38. The highest BCUT2D eigenvalue weighted by molar-refractivity contribution is 5.75. The second-order valence-corrected chi connectivity index (χ2v) is 2.91. The summed E-state index contributed by atoms with van der Waals surface area (Å²) in [6.07, 6.45) is 5.23. The Kier molecular flexibility index (Phi) is 2.04. The summed E-state index contributed by atoms with van der Waals surface area (Å²) in [6, 6.07) is 0. The van der Waals surface area contributed by atoms with Crippen LogP contribution in [0.1, 0.15) is 20.3 Å². The zero-order valence-electron chi connectivity index (χ0n) is 6.09. The van der Waals surface area contributed by atoms with Crippen LogP contribution < -0.4 is 0 Å². The first kappa shape index (κ1) is 6.53. The van der Waals surface area contributed by atoms with Crippen LogP contribution in [0.4, 0.5) is 0 Å². The average Bonchev–Trinajstić information content (AvgIpc) is 2.15. The molecule has 0 spiro atoms. The monoisotopic (exact) mass is 123 g/mol. The summed E-state index contributed by atoms with van der Waals surface area (Å²) in [5.74, 6) is 0.776. The summed E-state index contributed by atoms with van der Waals surface area (Å²) in [4.78, 5) is 4.10. The SMILES string of the molecule is CC(C)CC1=CC=NC1. The molecule has 0 N–H and O–H groups in total. The molecule has 1 nitrogen and oxygen atoms in total. The number of nitrogens with zero attached hydrogens (tertiary/aromatic N) is 1. The maximum atomic E-state index is 4.10. The van der Waals surface area contributed by atoms with Crippen molar-refractivity contribution >= 4 is 6.21 Å². The Bertz CT molecular complexity index is 143. The third-order valence-corrected chi connectivity index (χ3v) is 1.38. The average molecular weight is 123 g/mol. The fraction of sp³-hybridized carbons (Fsp3) is 0.625. The van der Waals surface area contributed by atoms with Crippen molar-refractivity contribution in [2.45, 2.75) is 20.3 Å². The van der Waals surface area contributed by atoms with Gasteiger partial charge in [-0.05, 0) is 24.0 Å². The van der Waals surface area contributed by atoms with Gasteiger partial charge in [0.2, 0.25) is 0 Å². The van der Waals surface area contributed by atoms with Crippen molar-refractivity contribution in [3.63, 3.8) is 0 Å². The van der Waals surface area contributed by atoms with Gasteiger partial charge in [-0.25, -0.2) is 0 Å². The summed E-state index contributed by atoms with van der Waals surface area (Å²) < 4.78 is 0. The Morgan fingerprint density at radius 3 is 2.89 bits per heavy atom. The molecule has 0 aromatic heterocycles. The largest absolute Gasteiger partial charge is 0.289 e. The zero-order chi connectivity index (χ0) is 6.69. The summed E-state index contributed by atoms with van der Waals surface area (Å²) in [5, 5.41) is 0. The van der Waals surface area contributed by atoms with Gasteiger partial charge in [-0.15, -0.1) is 0 Å². The van der Waals surface area contributed by atoms with Crippen LogP contribution in [0.3, 0.4) is 0 Å². The quantitative estimate of drug-likeness (QED) is 0.533. The molecule has 0 aromatic rings. The van der Waals surface area contributed by atoms with Gasteiger partial charge in [-0.2, -0.15) is 0 Å². The van der Waals surface area contributed by atoms with E-state index in [0.29, 0.717) is 0 Å². The Hall–Kier alpha value is -0.590. The fourth-order valence-corrected chi connectivity index (χ4v) is 1.04. The third kappa shape index (κ3) is 2.00. The zero-order valence-corrected chi connectivity index (χ0v) is 6.09. The molecular formula is C8H13N. The summed E-state index contributed by atoms with van der Waals surface area (Å²) >= 11 is 0. The van der Waals surface area contributed by atoms with Crippen LogP contribution in [0.2, 0.25) is 0 Å². The predicted molar refractivity (Wildman–Crippen MR) is 40.9 cm³/mol. The highest BCUT2D eigenvalue weighted by atomic mass is 14.7. The van der Waals surface area contributed by atoms with E-state index in [1.54, 1.807) is 0 Å². The van der Waals surface area contributed by atoms with Gasteiger partial charge in [0.15, 0.2) is 0 Å². The van der Waals surface area contributed by atoms with Crippen molar-refractivity contribution in [3.05, 3.63) is 11.6 Å². The molecule has 1 rings (SSSR count). The second-order valence-electron chi connectivity index (χ2n) is 2.91. The number of hydrogen-bond acceptors (Lipinski definition) is 1. The molecule has 0 atom stereocenters. The van der Waals surface area contributed by atoms with Crippen molar-refractivity contribution < 1.29 is 0 Å². The van der Waals surface area contributed by atoms with E-state index >= 15 is 0 Å². The van der Waals surface area contributed by atoms with Crippen LogP contribution in [-0.4, -0.2) is 12.8 Å². The molecule has 50 valence electrons. The van der Waals surface area contributed by atoms with Crippen LogP contribution in [0, 0.1) is 5.92 Å². The lowest BCUT2D eigenvalue weighted by Crippen LogP contribution is -1.91. The minimum absolute atomic E-state index is 0.776. The molecule has 1 aliphatic rings. The fourth-order valence-electron chi connectivity index (χ4n) is 1.04. The van der Waals surface area contributed by atoms with Crippen molar-refractivity contribution in [2.75, 3.05) is 6.54 Å². The molecule has 0 fully saturated rings. The number of aliphatic imine (C=N–C) groups is 1. The molecule has 0 unspecified atom stereocenters. The summed E-state index contributed by atoms with van der Waals surface area (Å²) in [6.45, 7) is 5.41. The van der Waals surface area contributed by atoms with E-state index in [0.717, 1.165) is 12.5 Å². The first-order chi connectivity index (χ1) is 4.29. The normalized spacial score (nSPS) is 17.0.